The number of carbonyl (C=O) groups is 1. The van der Waals surface area contributed by atoms with Gasteiger partial charge in [-0.3, -0.25) is 9.59 Å². The number of rotatable bonds is 6. The van der Waals surface area contributed by atoms with E-state index in [1.807, 2.05) is 28.8 Å². The van der Waals surface area contributed by atoms with Crippen LogP contribution >= 0.6 is 0 Å². The molecule has 1 N–H and O–H groups in total. The van der Waals surface area contributed by atoms with E-state index in [1.54, 1.807) is 0 Å². The zero-order valence-corrected chi connectivity index (χ0v) is 17.5. The molecule has 1 aromatic carbocycles. The molecule has 154 valence electrons. The Balaban J connectivity index is 1.58. The molecule has 0 bridgehead atoms. The molecule has 0 aliphatic heterocycles. The van der Waals surface area contributed by atoms with E-state index < -0.39 is 0 Å². The van der Waals surface area contributed by atoms with Crippen molar-refractivity contribution in [2.75, 3.05) is 0 Å². The molecular formula is C25H32N2O2. The van der Waals surface area contributed by atoms with E-state index in [2.05, 4.69) is 24.4 Å². The van der Waals surface area contributed by atoms with Crippen molar-refractivity contribution in [1.82, 2.24) is 9.88 Å². The number of aryl methyl sites for hydroxylation is 1. The van der Waals surface area contributed by atoms with Crippen LogP contribution in [0.5, 0.6) is 0 Å². The lowest BCUT2D eigenvalue weighted by Crippen LogP contribution is -2.36. The Bertz CT molecular complexity index is 916. The van der Waals surface area contributed by atoms with Crippen molar-refractivity contribution in [1.29, 1.82) is 0 Å². The summed E-state index contributed by atoms with van der Waals surface area (Å²) in [4.78, 5) is 26.3. The summed E-state index contributed by atoms with van der Waals surface area (Å²) in [7, 11) is 0. The Morgan fingerprint density at radius 1 is 1.10 bits per heavy atom. The maximum Gasteiger partial charge on any atom is 0.263 e. The number of benzene rings is 1. The van der Waals surface area contributed by atoms with Gasteiger partial charge in [0, 0.05) is 24.2 Å². The smallest absolute Gasteiger partial charge is 0.263 e. The lowest BCUT2D eigenvalue weighted by molar-refractivity contribution is 0.0948. The number of amides is 1. The van der Waals surface area contributed by atoms with Gasteiger partial charge in [0.05, 0.1) is 0 Å². The first-order chi connectivity index (χ1) is 14.2. The summed E-state index contributed by atoms with van der Waals surface area (Å²) in [6.45, 7) is 2.86. The average molecular weight is 393 g/mol. The van der Waals surface area contributed by atoms with Crippen LogP contribution in [0.15, 0.2) is 41.2 Å². The van der Waals surface area contributed by atoms with Crippen LogP contribution in [-0.4, -0.2) is 16.5 Å². The fraction of sp³-hybridized carbons (Fsp3) is 0.520. The molecule has 1 unspecified atom stereocenters. The van der Waals surface area contributed by atoms with Crippen LogP contribution in [0.1, 0.15) is 85.0 Å². The molecule has 29 heavy (non-hydrogen) atoms. The summed E-state index contributed by atoms with van der Waals surface area (Å²) < 4.78 is 1.92. The van der Waals surface area contributed by atoms with Crippen molar-refractivity contribution < 1.29 is 4.79 Å². The van der Waals surface area contributed by atoms with Crippen LogP contribution in [0.3, 0.4) is 0 Å². The van der Waals surface area contributed by atoms with Crippen LogP contribution in [0.4, 0.5) is 0 Å². The Morgan fingerprint density at radius 2 is 1.86 bits per heavy atom. The molecule has 0 spiro atoms. The molecule has 4 nitrogen and oxygen atoms in total. The quantitative estimate of drug-likeness (QED) is 0.781. The predicted molar refractivity (Wildman–Crippen MR) is 117 cm³/mol. The highest BCUT2D eigenvalue weighted by atomic mass is 16.2. The van der Waals surface area contributed by atoms with Gasteiger partial charge < -0.3 is 9.88 Å². The highest BCUT2D eigenvalue weighted by Crippen LogP contribution is 2.40. The monoisotopic (exact) mass is 392 g/mol. The van der Waals surface area contributed by atoms with E-state index in [1.165, 1.54) is 29.7 Å². The van der Waals surface area contributed by atoms with Gasteiger partial charge in [0.1, 0.15) is 5.56 Å². The molecular weight excluding hydrogens is 360 g/mol. The van der Waals surface area contributed by atoms with E-state index in [0.717, 1.165) is 51.5 Å². The minimum atomic E-state index is -0.200. The van der Waals surface area contributed by atoms with Crippen molar-refractivity contribution in [2.24, 2.45) is 0 Å². The Morgan fingerprint density at radius 3 is 2.62 bits per heavy atom. The van der Waals surface area contributed by atoms with Gasteiger partial charge in [-0.2, -0.15) is 0 Å². The number of pyridine rings is 1. The minimum Gasteiger partial charge on any atom is -0.348 e. The van der Waals surface area contributed by atoms with Gasteiger partial charge in [0.2, 0.25) is 0 Å². The third-order valence-corrected chi connectivity index (χ3v) is 6.41. The van der Waals surface area contributed by atoms with Gasteiger partial charge >= 0.3 is 0 Å². The van der Waals surface area contributed by atoms with Gasteiger partial charge in [0.25, 0.3) is 11.5 Å². The Kier molecular flexibility index (Phi) is 6.17. The highest BCUT2D eigenvalue weighted by molar-refractivity contribution is 5.94. The molecule has 4 rings (SSSR count). The summed E-state index contributed by atoms with van der Waals surface area (Å²) in [5.41, 5.74) is 3.87. The van der Waals surface area contributed by atoms with Crippen LogP contribution in [-0.2, 0) is 19.4 Å². The zero-order chi connectivity index (χ0) is 20.2. The molecule has 4 heteroatoms. The summed E-state index contributed by atoms with van der Waals surface area (Å²) in [5.74, 6) is 0.167. The van der Waals surface area contributed by atoms with E-state index in [4.69, 9.17) is 0 Å². The van der Waals surface area contributed by atoms with Gasteiger partial charge in [-0.1, -0.05) is 56.5 Å². The molecule has 1 aromatic heterocycles. The number of nitrogens with zero attached hydrogens (tertiary/aromatic N) is 1. The number of fused-ring (bicyclic) bond motifs is 1. The molecule has 1 saturated carbocycles. The van der Waals surface area contributed by atoms with E-state index in [-0.39, 0.29) is 17.5 Å². The van der Waals surface area contributed by atoms with Gasteiger partial charge in [-0.05, 0) is 55.7 Å². The highest BCUT2D eigenvalue weighted by Gasteiger charge is 2.39. The molecule has 2 aromatic rings. The number of nitrogens with one attached hydrogen (secondary N) is 1. The van der Waals surface area contributed by atoms with Crippen molar-refractivity contribution in [3.8, 4) is 0 Å². The maximum atomic E-state index is 13.2. The number of unbranched alkanes of at least 4 members (excludes halogenated alkanes) is 1. The number of hydrogen-bond acceptors (Lipinski definition) is 2. The van der Waals surface area contributed by atoms with Crippen molar-refractivity contribution in [2.45, 2.75) is 83.2 Å². The second-order valence-corrected chi connectivity index (χ2v) is 8.59. The first-order valence-corrected chi connectivity index (χ1v) is 11.3. The molecule has 1 amide bonds. The average Bonchev–Trinajstić information content (AvgIpc) is 3.48. The number of carbonyl (C=O) groups excluding carboxylic acids is 1. The molecule has 2 aliphatic rings. The van der Waals surface area contributed by atoms with E-state index >= 15 is 0 Å². The van der Waals surface area contributed by atoms with Crippen LogP contribution in [0.25, 0.3) is 0 Å². The summed E-state index contributed by atoms with van der Waals surface area (Å²) >= 11 is 0. The first-order valence-electron chi connectivity index (χ1n) is 11.3. The lowest BCUT2D eigenvalue weighted by Gasteiger charge is -2.21. The van der Waals surface area contributed by atoms with Gasteiger partial charge in [-0.25, -0.2) is 0 Å². The fourth-order valence-electron chi connectivity index (χ4n) is 4.62. The molecule has 1 fully saturated rings. The van der Waals surface area contributed by atoms with E-state index in [0.29, 0.717) is 11.5 Å². The zero-order valence-electron chi connectivity index (χ0n) is 17.5. The molecule has 2 aliphatic carbocycles. The fourth-order valence-corrected chi connectivity index (χ4v) is 4.62. The summed E-state index contributed by atoms with van der Waals surface area (Å²) in [6, 6.07) is 12.3. The molecule has 0 radical (unpaired) electrons. The Hall–Kier alpha value is -2.36. The van der Waals surface area contributed by atoms with Crippen LogP contribution in [0, 0.1) is 0 Å². The molecule has 2 atom stereocenters. The number of hydrogen-bond donors (Lipinski definition) is 1. The summed E-state index contributed by atoms with van der Waals surface area (Å²) in [6.07, 6.45) is 9.61. The summed E-state index contributed by atoms with van der Waals surface area (Å²) in [5, 5.41) is 3.13. The van der Waals surface area contributed by atoms with Gasteiger partial charge in [-0.15, -0.1) is 0 Å². The topological polar surface area (TPSA) is 51.1 Å². The second-order valence-electron chi connectivity index (χ2n) is 8.59. The normalized spacial score (nSPS) is 21.0. The van der Waals surface area contributed by atoms with Crippen LogP contribution < -0.4 is 10.9 Å². The van der Waals surface area contributed by atoms with Crippen molar-refractivity contribution >= 4 is 5.91 Å². The first kappa shape index (κ1) is 19.9. The maximum absolute atomic E-state index is 13.2. The lowest BCUT2D eigenvalue weighted by atomic mass is 9.95. The van der Waals surface area contributed by atoms with Crippen molar-refractivity contribution in [3.05, 3.63) is 69.1 Å². The van der Waals surface area contributed by atoms with E-state index in [9.17, 15) is 9.59 Å². The minimum absolute atomic E-state index is 0.104. The van der Waals surface area contributed by atoms with Gasteiger partial charge in [0.15, 0.2) is 0 Å². The standard InChI is InChI=1S/C25H32N2O2/c1-2-3-15-27-23-14-10-5-4-7-13-19(23)16-21(25(27)29)24(28)26-22-17-20(22)18-11-8-6-9-12-18/h6,8-9,11-12,16,20,22H,2-5,7,10,13-15,17H2,1H3,(H,26,28)/t20-,22?/m1/s1. The second kappa shape index (κ2) is 8.98. The number of aromatic nitrogens is 1. The van der Waals surface area contributed by atoms with Crippen molar-refractivity contribution in [3.63, 3.8) is 0 Å². The Labute approximate surface area is 173 Å². The third kappa shape index (κ3) is 4.47. The SMILES string of the molecule is CCCCn1c2c(cc(C(=O)NC3C[C@@H]3c3ccccc3)c1=O)CCCCCC2. The largest absolute Gasteiger partial charge is 0.348 e. The third-order valence-electron chi connectivity index (χ3n) is 6.41. The molecule has 1 heterocycles. The van der Waals surface area contributed by atoms with Crippen LogP contribution in [0.2, 0.25) is 0 Å². The predicted octanol–water partition coefficient (Wildman–Crippen LogP) is 4.59. The molecule has 0 saturated heterocycles.